The van der Waals surface area contributed by atoms with Gasteiger partial charge in [0.05, 0.1) is 29.2 Å². The molecule has 5 N–H and O–H groups in total. The fourth-order valence-corrected chi connectivity index (χ4v) is 6.22. The van der Waals surface area contributed by atoms with E-state index < -0.39 is 12.1 Å². The van der Waals surface area contributed by atoms with Crippen LogP contribution in [0.5, 0.6) is 5.75 Å². The van der Waals surface area contributed by atoms with Crippen LogP contribution in [0.4, 0.5) is 11.9 Å². The molecule has 1 atom stereocenters. The summed E-state index contributed by atoms with van der Waals surface area (Å²) in [6, 6.07) is 10.5. The van der Waals surface area contributed by atoms with E-state index in [1.807, 2.05) is 67.2 Å². The summed E-state index contributed by atoms with van der Waals surface area (Å²) in [6.07, 6.45) is 6.69. The molecular formula is C36H42N12O4. The Hall–Kier alpha value is -6.03. The van der Waals surface area contributed by atoms with Crippen LogP contribution in [-0.4, -0.2) is 67.2 Å². The Bertz CT molecular complexity index is 2310. The second-order valence-corrected chi connectivity index (χ2v) is 12.9. The number of hydrogen-bond donors (Lipinski definition) is 4. The van der Waals surface area contributed by atoms with Gasteiger partial charge in [0, 0.05) is 37.9 Å². The minimum Gasteiger partial charge on any atom is -0.491 e. The van der Waals surface area contributed by atoms with E-state index in [9.17, 15) is 14.7 Å². The molecule has 1 aliphatic carbocycles. The van der Waals surface area contributed by atoms with Gasteiger partial charge in [0.15, 0.2) is 11.9 Å². The highest BCUT2D eigenvalue weighted by molar-refractivity contribution is 6.04. The zero-order valence-electron chi connectivity index (χ0n) is 29.6. The first kappa shape index (κ1) is 34.4. The van der Waals surface area contributed by atoms with E-state index in [1.165, 1.54) is 0 Å². The summed E-state index contributed by atoms with van der Waals surface area (Å²) in [6.45, 7) is 9.86. The van der Waals surface area contributed by atoms with Gasteiger partial charge in [0.25, 0.3) is 5.91 Å². The highest BCUT2D eigenvalue weighted by Crippen LogP contribution is 2.34. The zero-order chi connectivity index (χ0) is 36.5. The van der Waals surface area contributed by atoms with Crippen LogP contribution in [-0.2, 0) is 26.2 Å². The Morgan fingerprint density at radius 1 is 0.981 bits per heavy atom. The summed E-state index contributed by atoms with van der Waals surface area (Å²) < 4.78 is 13.4. The molecule has 0 bridgehead atoms. The van der Waals surface area contributed by atoms with Gasteiger partial charge in [-0.3, -0.25) is 28.8 Å². The zero-order valence-corrected chi connectivity index (χ0v) is 29.6. The largest absolute Gasteiger partial charge is 0.491 e. The van der Waals surface area contributed by atoms with Crippen LogP contribution < -0.4 is 21.1 Å². The van der Waals surface area contributed by atoms with Crippen molar-refractivity contribution in [3.63, 3.8) is 0 Å². The minimum atomic E-state index is -1.06. The van der Waals surface area contributed by atoms with Crippen LogP contribution in [0.25, 0.3) is 22.2 Å². The molecule has 0 saturated heterocycles. The Morgan fingerprint density at radius 3 is 2.42 bits per heavy atom. The lowest BCUT2D eigenvalue weighted by Gasteiger charge is -2.15. The summed E-state index contributed by atoms with van der Waals surface area (Å²) >= 11 is 0. The van der Waals surface area contributed by atoms with Crippen molar-refractivity contribution in [3.8, 4) is 5.75 Å². The highest BCUT2D eigenvalue weighted by Gasteiger charge is 2.25. The van der Waals surface area contributed by atoms with Crippen LogP contribution >= 0.6 is 0 Å². The average Bonchev–Trinajstić information content (AvgIpc) is 3.41. The van der Waals surface area contributed by atoms with Crippen molar-refractivity contribution in [2.45, 2.75) is 72.9 Å². The Kier molecular flexibility index (Phi) is 9.47. The Morgan fingerprint density at radius 2 is 1.69 bits per heavy atom. The number of carbonyl (C=O) groups excluding carboxylic acids is 2. The molecule has 0 radical (unpaired) electrons. The molecular weight excluding hydrogens is 664 g/mol. The molecule has 16 nitrogen and oxygen atoms in total. The average molecular weight is 707 g/mol. The number of ether oxygens (including phenoxy) is 1. The number of benzene rings is 1. The normalized spacial score (nSPS) is 13.7. The molecule has 1 saturated carbocycles. The van der Waals surface area contributed by atoms with E-state index in [-0.39, 0.29) is 24.0 Å². The molecule has 16 heteroatoms. The molecule has 52 heavy (non-hydrogen) atoms. The smallest absolute Gasteiger partial charge is 0.276 e. The second kappa shape index (κ2) is 14.3. The maximum absolute atomic E-state index is 13.6. The maximum atomic E-state index is 13.6. The minimum absolute atomic E-state index is 0.259. The van der Waals surface area contributed by atoms with E-state index in [0.29, 0.717) is 77.4 Å². The first-order valence-electron chi connectivity index (χ1n) is 17.4. The van der Waals surface area contributed by atoms with Crippen LogP contribution in [0.1, 0.15) is 70.8 Å². The molecule has 7 rings (SSSR count). The van der Waals surface area contributed by atoms with E-state index in [4.69, 9.17) is 20.4 Å². The van der Waals surface area contributed by atoms with Gasteiger partial charge in [0.1, 0.15) is 22.5 Å². The van der Waals surface area contributed by atoms with Gasteiger partial charge in [-0.25, -0.2) is 15.0 Å². The predicted molar refractivity (Wildman–Crippen MR) is 195 cm³/mol. The molecule has 0 aliphatic heterocycles. The van der Waals surface area contributed by atoms with E-state index in [0.717, 1.165) is 24.2 Å². The number of aryl methyl sites for hydroxylation is 4. The number of anilines is 2. The summed E-state index contributed by atoms with van der Waals surface area (Å²) in [5.74, 6) is 0.639. The number of nitrogens with one attached hydrogen (secondary N) is 2. The number of pyridine rings is 1. The third-order valence-corrected chi connectivity index (χ3v) is 8.95. The molecule has 6 aromatic rings. The van der Waals surface area contributed by atoms with E-state index in [2.05, 4.69) is 25.8 Å². The number of allylic oxidation sites excluding steroid dienone is 2. The summed E-state index contributed by atoms with van der Waals surface area (Å²) in [5, 5.41) is 26.2. The van der Waals surface area contributed by atoms with Crippen molar-refractivity contribution >= 4 is 45.9 Å². The molecule has 2 amide bonds. The summed E-state index contributed by atoms with van der Waals surface area (Å²) in [7, 11) is 0. The van der Waals surface area contributed by atoms with Crippen molar-refractivity contribution < 1.29 is 19.4 Å². The fourth-order valence-electron chi connectivity index (χ4n) is 6.22. The van der Waals surface area contributed by atoms with Crippen LogP contribution in [0.2, 0.25) is 0 Å². The van der Waals surface area contributed by atoms with Gasteiger partial charge in [-0.1, -0.05) is 12.2 Å². The number of primary amides is 1. The molecule has 1 aromatic carbocycles. The van der Waals surface area contributed by atoms with Gasteiger partial charge >= 0.3 is 0 Å². The monoisotopic (exact) mass is 706 g/mol. The number of carbonyl (C=O) groups is 2. The molecule has 1 aliphatic rings. The fraction of sp³-hybridized carbons (Fsp3) is 0.361. The number of hydrogen-bond acceptors (Lipinski definition) is 10. The number of rotatable bonds is 15. The lowest BCUT2D eigenvalue weighted by Crippen LogP contribution is -2.20. The third kappa shape index (κ3) is 6.96. The van der Waals surface area contributed by atoms with Crippen molar-refractivity contribution in [1.29, 1.82) is 0 Å². The first-order valence-corrected chi connectivity index (χ1v) is 17.4. The Balaban J connectivity index is 1.22. The van der Waals surface area contributed by atoms with Gasteiger partial charge < -0.3 is 25.5 Å². The first-order chi connectivity index (χ1) is 25.1. The van der Waals surface area contributed by atoms with E-state index >= 15 is 0 Å². The predicted octanol–water partition coefficient (Wildman–Crippen LogP) is 4.33. The van der Waals surface area contributed by atoms with Gasteiger partial charge in [0.2, 0.25) is 17.8 Å². The number of aliphatic hydroxyl groups is 1. The standard InChI is InChI=1S/C36H42N12O4/c1-5-47-27(16-21(3)43-47)33(50)41-35-40-26-18-24(31(37)49)19-29(52-20-23-11-12-23)30(26)45(35)14-7-8-15-46-32-25(10-9-13-38-32)39-36(46)42-34(51)28-17-22(4)44-48(28)6-2/h7-10,13,16-19,23,34,51H,5-6,11-12,14-15,20H2,1-4H3,(H2,37,49)(H,39,42)(H,40,41,50)/b8-7+. The van der Waals surface area contributed by atoms with Crippen LogP contribution in [0.15, 0.2) is 54.7 Å². The van der Waals surface area contributed by atoms with Gasteiger partial charge in [-0.2, -0.15) is 10.2 Å². The quantitative estimate of drug-likeness (QED) is 0.0881. The van der Waals surface area contributed by atoms with Crippen molar-refractivity contribution in [2.24, 2.45) is 11.7 Å². The number of aliphatic hydroxyl groups excluding tert-OH is 1. The third-order valence-electron chi connectivity index (χ3n) is 8.95. The molecule has 1 fully saturated rings. The number of nitrogens with two attached hydrogens (primary N) is 1. The van der Waals surface area contributed by atoms with Crippen LogP contribution in [0.3, 0.4) is 0 Å². The van der Waals surface area contributed by atoms with Crippen molar-refractivity contribution in [2.75, 3.05) is 17.2 Å². The van der Waals surface area contributed by atoms with Gasteiger partial charge in [-0.05, 0) is 82.9 Å². The van der Waals surface area contributed by atoms with Crippen LogP contribution in [0, 0.1) is 19.8 Å². The number of amides is 2. The van der Waals surface area contributed by atoms with Crippen molar-refractivity contribution in [1.82, 2.24) is 43.6 Å². The Labute approximate surface area is 299 Å². The number of imidazole rings is 2. The molecule has 270 valence electrons. The summed E-state index contributed by atoms with van der Waals surface area (Å²) in [5.41, 5.74) is 10.9. The lowest BCUT2D eigenvalue weighted by molar-refractivity contribution is 0.0995. The molecule has 5 aromatic heterocycles. The summed E-state index contributed by atoms with van der Waals surface area (Å²) in [4.78, 5) is 39.9. The lowest BCUT2D eigenvalue weighted by atomic mass is 10.1. The topological polar surface area (TPSA) is 198 Å². The van der Waals surface area contributed by atoms with Crippen molar-refractivity contribution in [3.05, 3.63) is 83.1 Å². The second-order valence-electron chi connectivity index (χ2n) is 12.9. The SMILES string of the molecule is CCn1nc(C)cc1C(=O)Nc1nc2cc(C(N)=O)cc(OCC3CC3)c2n1C/C=C/Cn1c(NC(O)c2cc(C)nn2CC)nc2cccnc21. The molecule has 5 heterocycles. The number of aromatic nitrogens is 9. The number of nitrogens with zero attached hydrogens (tertiary/aromatic N) is 9. The van der Waals surface area contributed by atoms with E-state index in [1.54, 1.807) is 33.8 Å². The highest BCUT2D eigenvalue weighted by atomic mass is 16.5. The maximum Gasteiger partial charge on any atom is 0.276 e. The number of fused-ring (bicyclic) bond motifs is 2. The van der Waals surface area contributed by atoms with Gasteiger partial charge in [-0.15, -0.1) is 0 Å². The molecule has 1 unspecified atom stereocenters. The molecule has 0 spiro atoms.